The summed E-state index contributed by atoms with van der Waals surface area (Å²) >= 11 is 4.44. The maximum Gasteiger partial charge on any atom is 0.184 e. The van der Waals surface area contributed by atoms with Gasteiger partial charge in [-0.2, -0.15) is 10.1 Å². The molecule has 0 unspecified atom stereocenters. The monoisotopic (exact) mass is 167 g/mol. The van der Waals surface area contributed by atoms with Gasteiger partial charge in [-0.1, -0.05) is 0 Å². The van der Waals surface area contributed by atoms with Crippen LogP contribution in [0.25, 0.3) is 0 Å². The van der Waals surface area contributed by atoms with Gasteiger partial charge in [-0.15, -0.1) is 0 Å². The summed E-state index contributed by atoms with van der Waals surface area (Å²) in [5.41, 5.74) is 0. The molecular formula is C7H9N3S. The molecule has 0 saturated carbocycles. The Morgan fingerprint density at radius 3 is 2.91 bits per heavy atom. The van der Waals surface area contributed by atoms with Gasteiger partial charge in [-0.3, -0.25) is 4.68 Å². The van der Waals surface area contributed by atoms with E-state index in [0.29, 0.717) is 11.9 Å². The third-order valence-corrected chi connectivity index (χ3v) is 1.37. The van der Waals surface area contributed by atoms with Gasteiger partial charge < -0.3 is 0 Å². The number of hydrogen-bond donors (Lipinski definition) is 0. The number of isothiocyanates is 1. The number of aliphatic imine (C=N–C) groups is 1. The molecule has 0 bridgehead atoms. The molecule has 0 radical (unpaired) electrons. The van der Waals surface area contributed by atoms with Gasteiger partial charge in [-0.05, 0) is 26.1 Å². The first-order valence-corrected chi connectivity index (χ1v) is 3.78. The fourth-order valence-electron chi connectivity index (χ4n) is 0.722. The quantitative estimate of drug-likeness (QED) is 0.499. The van der Waals surface area contributed by atoms with Crippen LogP contribution in [-0.2, 0) is 0 Å². The lowest BCUT2D eigenvalue weighted by Crippen LogP contribution is -1.99. The summed E-state index contributed by atoms with van der Waals surface area (Å²) in [5, 5.41) is 6.39. The molecule has 0 aliphatic heterocycles. The number of aromatic nitrogens is 2. The number of hydrogen-bond acceptors (Lipinski definition) is 3. The van der Waals surface area contributed by atoms with Crippen molar-refractivity contribution in [2.75, 3.05) is 0 Å². The first-order valence-electron chi connectivity index (χ1n) is 3.37. The van der Waals surface area contributed by atoms with Crippen molar-refractivity contribution in [2.45, 2.75) is 19.9 Å². The lowest BCUT2D eigenvalue weighted by Gasteiger charge is -2.02. The maximum absolute atomic E-state index is 4.44. The minimum absolute atomic E-state index is 0.365. The maximum atomic E-state index is 4.44. The second-order valence-corrected chi connectivity index (χ2v) is 2.63. The summed E-state index contributed by atoms with van der Waals surface area (Å²) in [5.74, 6) is 0.619. The van der Waals surface area contributed by atoms with Crippen molar-refractivity contribution in [3.05, 3.63) is 12.3 Å². The third kappa shape index (κ3) is 1.97. The van der Waals surface area contributed by atoms with Gasteiger partial charge in [0, 0.05) is 18.3 Å². The molecular weight excluding hydrogens is 158 g/mol. The van der Waals surface area contributed by atoms with Gasteiger partial charge in [0.2, 0.25) is 0 Å². The van der Waals surface area contributed by atoms with Crippen LogP contribution >= 0.6 is 12.2 Å². The predicted octanol–water partition coefficient (Wildman–Crippen LogP) is 2.20. The summed E-state index contributed by atoms with van der Waals surface area (Å²) in [4.78, 5) is 3.74. The second kappa shape index (κ2) is 3.42. The van der Waals surface area contributed by atoms with Crippen molar-refractivity contribution in [3.63, 3.8) is 0 Å². The molecule has 0 N–H and O–H groups in total. The Hall–Kier alpha value is -0.990. The van der Waals surface area contributed by atoms with Crippen LogP contribution in [0.4, 0.5) is 5.82 Å². The molecule has 58 valence electrons. The molecule has 0 spiro atoms. The molecule has 0 fully saturated rings. The van der Waals surface area contributed by atoms with Gasteiger partial charge in [0.05, 0.1) is 5.16 Å². The molecule has 0 atom stereocenters. The minimum atomic E-state index is 0.365. The van der Waals surface area contributed by atoms with Crippen molar-refractivity contribution in [2.24, 2.45) is 4.99 Å². The topological polar surface area (TPSA) is 30.2 Å². The van der Waals surface area contributed by atoms with E-state index in [2.05, 4.69) is 41.3 Å². The van der Waals surface area contributed by atoms with Gasteiger partial charge in [0.1, 0.15) is 0 Å². The smallest absolute Gasteiger partial charge is 0.184 e. The van der Waals surface area contributed by atoms with Crippen LogP contribution < -0.4 is 0 Å². The van der Waals surface area contributed by atoms with Crippen molar-refractivity contribution in [1.82, 2.24) is 9.78 Å². The first kappa shape index (κ1) is 8.11. The van der Waals surface area contributed by atoms with Crippen molar-refractivity contribution >= 4 is 23.2 Å². The molecule has 0 aliphatic rings. The lowest BCUT2D eigenvalue weighted by molar-refractivity contribution is 0.533. The van der Waals surface area contributed by atoms with E-state index < -0.39 is 0 Å². The molecule has 1 heterocycles. The van der Waals surface area contributed by atoms with Crippen LogP contribution in [-0.4, -0.2) is 14.9 Å². The van der Waals surface area contributed by atoms with E-state index >= 15 is 0 Å². The van der Waals surface area contributed by atoms with E-state index in [9.17, 15) is 0 Å². The summed E-state index contributed by atoms with van der Waals surface area (Å²) in [6, 6.07) is 2.17. The Labute approximate surface area is 70.8 Å². The molecule has 0 amide bonds. The Morgan fingerprint density at radius 1 is 1.73 bits per heavy atom. The predicted molar refractivity (Wildman–Crippen MR) is 47.3 cm³/mol. The van der Waals surface area contributed by atoms with E-state index in [1.54, 1.807) is 6.07 Å². The van der Waals surface area contributed by atoms with Crippen LogP contribution in [0.5, 0.6) is 0 Å². The average Bonchev–Trinajstić information content (AvgIpc) is 2.37. The Morgan fingerprint density at radius 2 is 2.45 bits per heavy atom. The number of thiocarbonyl (C=S) groups is 1. The highest BCUT2D eigenvalue weighted by Crippen LogP contribution is 2.09. The molecule has 1 aromatic rings. The van der Waals surface area contributed by atoms with E-state index in [4.69, 9.17) is 0 Å². The number of rotatable bonds is 2. The molecule has 1 rings (SSSR count). The zero-order valence-corrected chi connectivity index (χ0v) is 7.30. The summed E-state index contributed by atoms with van der Waals surface area (Å²) < 4.78 is 1.82. The fraction of sp³-hybridized carbons (Fsp3) is 0.429. The molecule has 4 heteroatoms. The largest absolute Gasteiger partial charge is 0.268 e. The van der Waals surface area contributed by atoms with Crippen LogP contribution in [0.15, 0.2) is 17.3 Å². The highest BCUT2D eigenvalue weighted by Gasteiger charge is 1.98. The highest BCUT2D eigenvalue weighted by atomic mass is 32.1. The zero-order chi connectivity index (χ0) is 8.27. The average molecular weight is 167 g/mol. The lowest BCUT2D eigenvalue weighted by atomic mass is 10.4. The normalized spacial score (nSPS) is 9.73. The van der Waals surface area contributed by atoms with Crippen molar-refractivity contribution in [1.29, 1.82) is 0 Å². The molecule has 0 saturated heterocycles. The summed E-state index contributed by atoms with van der Waals surface area (Å²) in [6.45, 7) is 4.11. The number of nitrogens with zero attached hydrogens (tertiary/aromatic N) is 3. The van der Waals surface area contributed by atoms with Crippen LogP contribution in [0, 0.1) is 0 Å². The Bertz CT molecular complexity index is 284. The third-order valence-electron chi connectivity index (χ3n) is 1.28. The fourth-order valence-corrected chi connectivity index (χ4v) is 0.816. The Balaban J connectivity index is 2.90. The van der Waals surface area contributed by atoms with E-state index in [0.717, 1.165) is 0 Å². The SMILES string of the molecule is CC(C)n1ccc(N=C=S)n1. The summed E-state index contributed by atoms with van der Waals surface area (Å²) in [7, 11) is 0. The molecule has 1 aromatic heterocycles. The van der Waals surface area contributed by atoms with E-state index in [1.807, 2.05) is 10.9 Å². The van der Waals surface area contributed by atoms with E-state index in [-0.39, 0.29) is 0 Å². The van der Waals surface area contributed by atoms with Crippen LogP contribution in [0.3, 0.4) is 0 Å². The summed E-state index contributed by atoms with van der Waals surface area (Å²) in [6.07, 6.45) is 1.87. The minimum Gasteiger partial charge on any atom is -0.268 e. The molecule has 3 nitrogen and oxygen atoms in total. The van der Waals surface area contributed by atoms with Gasteiger partial charge in [-0.25, -0.2) is 0 Å². The van der Waals surface area contributed by atoms with Gasteiger partial charge in [0.15, 0.2) is 5.82 Å². The van der Waals surface area contributed by atoms with Crippen LogP contribution in [0.2, 0.25) is 0 Å². The molecule has 11 heavy (non-hydrogen) atoms. The standard InChI is InChI=1S/C7H9N3S/c1-6(2)10-4-3-7(9-10)8-5-11/h3-4,6H,1-2H3. The van der Waals surface area contributed by atoms with E-state index in [1.165, 1.54) is 0 Å². The highest BCUT2D eigenvalue weighted by molar-refractivity contribution is 7.78. The van der Waals surface area contributed by atoms with Gasteiger partial charge in [0.25, 0.3) is 0 Å². The molecule has 0 aromatic carbocycles. The van der Waals surface area contributed by atoms with Crippen molar-refractivity contribution < 1.29 is 0 Å². The first-order chi connectivity index (χ1) is 5.24. The van der Waals surface area contributed by atoms with Gasteiger partial charge >= 0.3 is 0 Å². The van der Waals surface area contributed by atoms with Crippen molar-refractivity contribution in [3.8, 4) is 0 Å². The Kier molecular flexibility index (Phi) is 2.52. The molecule has 0 aliphatic carbocycles. The van der Waals surface area contributed by atoms with Crippen LogP contribution in [0.1, 0.15) is 19.9 Å². The zero-order valence-electron chi connectivity index (χ0n) is 6.48. The second-order valence-electron chi connectivity index (χ2n) is 2.45.